The lowest BCUT2D eigenvalue weighted by Crippen LogP contribution is -2.39. The van der Waals surface area contributed by atoms with Crippen LogP contribution in [-0.4, -0.2) is 29.6 Å². The van der Waals surface area contributed by atoms with Gasteiger partial charge in [0.15, 0.2) is 5.65 Å². The van der Waals surface area contributed by atoms with Gasteiger partial charge in [0.05, 0.1) is 11.9 Å². The molecule has 0 amide bonds. The largest absolute Gasteiger partial charge is 0.261 e. The summed E-state index contributed by atoms with van der Waals surface area (Å²) in [6, 6.07) is 6.87. The average molecular weight is 377 g/mol. The molecule has 1 unspecified atom stereocenters. The van der Waals surface area contributed by atoms with Crippen LogP contribution in [0.1, 0.15) is 23.1 Å². The highest BCUT2D eigenvalue weighted by Gasteiger charge is 2.25. The molecule has 1 atom stereocenters. The van der Waals surface area contributed by atoms with Gasteiger partial charge in [0.25, 0.3) is 0 Å². The summed E-state index contributed by atoms with van der Waals surface area (Å²) in [4.78, 5) is 4.35. The van der Waals surface area contributed by atoms with Crippen LogP contribution in [0.15, 0.2) is 36.7 Å². The minimum Gasteiger partial charge on any atom is -0.261 e. The fourth-order valence-electron chi connectivity index (χ4n) is 3.37. The number of hydrogen-bond acceptors (Lipinski definition) is 4. The molecule has 0 radical (unpaired) electrons. The van der Waals surface area contributed by atoms with Crippen LogP contribution in [0.2, 0.25) is 5.02 Å². The van der Waals surface area contributed by atoms with Crippen molar-refractivity contribution in [3.63, 3.8) is 0 Å². The van der Waals surface area contributed by atoms with Gasteiger partial charge in [-0.15, -0.1) is 0 Å². The van der Waals surface area contributed by atoms with Crippen molar-refractivity contribution in [1.29, 1.82) is 0 Å². The lowest BCUT2D eigenvalue weighted by Gasteiger charge is -2.25. The van der Waals surface area contributed by atoms with Crippen molar-refractivity contribution in [2.24, 2.45) is 0 Å². The number of H-pyrrole nitrogens is 1. The molecular formula is C17H17ClN4O2S. The normalized spacial score (nSPS) is 17.6. The van der Waals surface area contributed by atoms with Crippen LogP contribution in [0.25, 0.3) is 11.0 Å². The molecule has 3 aromatic rings. The Bertz CT molecular complexity index is 1030. The Balaban J connectivity index is 1.51. The fraction of sp³-hybridized carbons (Fsp3) is 0.294. The van der Waals surface area contributed by atoms with E-state index in [-0.39, 0.29) is 11.8 Å². The predicted molar refractivity (Wildman–Crippen MR) is 96.9 cm³/mol. The fourth-order valence-corrected chi connectivity index (χ4v) is 5.10. The number of halogens is 1. The first kappa shape index (κ1) is 16.5. The number of nitrogens with zero attached hydrogens (tertiary/aromatic N) is 2. The Morgan fingerprint density at radius 1 is 1.28 bits per heavy atom. The Morgan fingerprint density at radius 2 is 2.12 bits per heavy atom. The molecule has 2 N–H and O–H groups in total. The maximum absolute atomic E-state index is 12.5. The predicted octanol–water partition coefficient (Wildman–Crippen LogP) is 2.59. The van der Waals surface area contributed by atoms with Gasteiger partial charge in [-0.05, 0) is 42.0 Å². The maximum Gasteiger partial charge on any atom is 0.216 e. The summed E-state index contributed by atoms with van der Waals surface area (Å²) < 4.78 is 27.8. The number of aromatic nitrogens is 3. The summed E-state index contributed by atoms with van der Waals surface area (Å²) in [6.45, 7) is 0. The number of pyridine rings is 1. The molecule has 0 aliphatic heterocycles. The van der Waals surface area contributed by atoms with E-state index >= 15 is 0 Å². The summed E-state index contributed by atoms with van der Waals surface area (Å²) in [5, 5.41) is 8.39. The molecule has 4 rings (SSSR count). The number of sulfonamides is 1. The third kappa shape index (κ3) is 3.40. The van der Waals surface area contributed by atoms with Gasteiger partial charge >= 0.3 is 0 Å². The Labute approximate surface area is 150 Å². The van der Waals surface area contributed by atoms with E-state index in [4.69, 9.17) is 11.6 Å². The highest BCUT2D eigenvalue weighted by atomic mass is 35.5. The number of rotatable bonds is 4. The molecule has 1 aliphatic carbocycles. The molecule has 0 saturated carbocycles. The van der Waals surface area contributed by atoms with Gasteiger partial charge in [-0.3, -0.25) is 5.10 Å². The van der Waals surface area contributed by atoms with Crippen molar-refractivity contribution in [3.05, 3.63) is 58.4 Å². The van der Waals surface area contributed by atoms with Crippen LogP contribution >= 0.6 is 11.6 Å². The molecule has 130 valence electrons. The zero-order chi connectivity index (χ0) is 17.4. The highest BCUT2D eigenvalue weighted by Crippen LogP contribution is 2.27. The van der Waals surface area contributed by atoms with E-state index in [0.717, 1.165) is 29.4 Å². The van der Waals surface area contributed by atoms with E-state index in [1.165, 1.54) is 5.56 Å². The first-order valence-corrected chi connectivity index (χ1v) is 10.1. The highest BCUT2D eigenvalue weighted by molar-refractivity contribution is 7.88. The zero-order valence-corrected chi connectivity index (χ0v) is 14.9. The number of aryl methyl sites for hydroxylation is 1. The third-order valence-corrected chi connectivity index (χ3v) is 6.29. The van der Waals surface area contributed by atoms with E-state index in [2.05, 4.69) is 19.9 Å². The van der Waals surface area contributed by atoms with Gasteiger partial charge in [0.1, 0.15) is 0 Å². The van der Waals surface area contributed by atoms with Crippen LogP contribution in [-0.2, 0) is 28.6 Å². The van der Waals surface area contributed by atoms with Gasteiger partial charge in [-0.1, -0.05) is 29.8 Å². The topological polar surface area (TPSA) is 87.7 Å². The molecule has 25 heavy (non-hydrogen) atoms. The van der Waals surface area contributed by atoms with Gasteiger partial charge < -0.3 is 0 Å². The van der Waals surface area contributed by atoms with Crippen LogP contribution in [0.4, 0.5) is 0 Å². The van der Waals surface area contributed by atoms with Crippen molar-refractivity contribution in [1.82, 2.24) is 19.9 Å². The number of aromatic amines is 1. The molecule has 0 saturated heterocycles. The Hall–Kier alpha value is -1.96. The van der Waals surface area contributed by atoms with Crippen molar-refractivity contribution in [2.75, 3.05) is 0 Å². The van der Waals surface area contributed by atoms with Crippen molar-refractivity contribution in [2.45, 2.75) is 31.1 Å². The first-order chi connectivity index (χ1) is 12.0. The molecule has 2 aromatic heterocycles. The molecule has 2 heterocycles. The minimum absolute atomic E-state index is 0.116. The smallest absolute Gasteiger partial charge is 0.216 e. The average Bonchev–Trinajstić information content (AvgIpc) is 3.05. The van der Waals surface area contributed by atoms with E-state index in [9.17, 15) is 8.42 Å². The van der Waals surface area contributed by atoms with E-state index in [0.29, 0.717) is 17.0 Å². The summed E-state index contributed by atoms with van der Waals surface area (Å²) in [5.41, 5.74) is 3.66. The lowest BCUT2D eigenvalue weighted by atomic mass is 9.88. The second kappa shape index (κ2) is 6.40. The number of fused-ring (bicyclic) bond motifs is 3. The standard InChI is InChI=1S/C17H17ClN4O2S/c18-16-4-2-1-3-11(16)10-25(23,24)22-13-5-6-14-12(7-13)8-19-17-15(14)9-20-21-17/h1-4,8-9,13,22H,5-7,10H2,(H,19,20,21). The second-order valence-electron chi connectivity index (χ2n) is 6.30. The van der Waals surface area contributed by atoms with Crippen LogP contribution in [0, 0.1) is 0 Å². The third-order valence-electron chi connectivity index (χ3n) is 4.54. The molecule has 1 aromatic carbocycles. The summed E-state index contributed by atoms with van der Waals surface area (Å²) in [7, 11) is -3.46. The monoisotopic (exact) mass is 376 g/mol. The molecule has 1 aliphatic rings. The lowest BCUT2D eigenvalue weighted by molar-refractivity contribution is 0.508. The van der Waals surface area contributed by atoms with Crippen molar-refractivity contribution >= 4 is 32.7 Å². The van der Waals surface area contributed by atoms with Crippen LogP contribution < -0.4 is 4.72 Å². The second-order valence-corrected chi connectivity index (χ2v) is 8.46. The van der Waals surface area contributed by atoms with Gasteiger partial charge in [0, 0.05) is 22.6 Å². The minimum atomic E-state index is -3.46. The SMILES string of the molecule is O=S(=O)(Cc1ccccc1Cl)NC1CCc2c(cnc3[nH]ncc23)C1. The van der Waals surface area contributed by atoms with E-state index in [1.807, 2.05) is 6.20 Å². The van der Waals surface area contributed by atoms with E-state index in [1.54, 1.807) is 30.5 Å². The maximum atomic E-state index is 12.5. The summed E-state index contributed by atoms with van der Waals surface area (Å²) in [6.07, 6.45) is 5.77. The van der Waals surface area contributed by atoms with Crippen LogP contribution in [0.3, 0.4) is 0 Å². The number of hydrogen-bond donors (Lipinski definition) is 2. The number of benzene rings is 1. The molecule has 0 fully saturated rings. The molecule has 8 heteroatoms. The van der Waals surface area contributed by atoms with Gasteiger partial charge in [-0.2, -0.15) is 5.10 Å². The Morgan fingerprint density at radius 3 is 2.96 bits per heavy atom. The first-order valence-electron chi connectivity index (χ1n) is 8.05. The quantitative estimate of drug-likeness (QED) is 0.732. The van der Waals surface area contributed by atoms with Crippen LogP contribution in [0.5, 0.6) is 0 Å². The summed E-state index contributed by atoms with van der Waals surface area (Å²) in [5.74, 6) is -0.116. The van der Waals surface area contributed by atoms with Crippen molar-refractivity contribution < 1.29 is 8.42 Å². The van der Waals surface area contributed by atoms with E-state index < -0.39 is 10.0 Å². The zero-order valence-electron chi connectivity index (χ0n) is 13.4. The van der Waals surface area contributed by atoms with Crippen molar-refractivity contribution in [3.8, 4) is 0 Å². The molecule has 0 bridgehead atoms. The van der Waals surface area contributed by atoms with Gasteiger partial charge in [0.2, 0.25) is 10.0 Å². The van der Waals surface area contributed by atoms with Gasteiger partial charge in [-0.25, -0.2) is 18.1 Å². The number of nitrogens with one attached hydrogen (secondary N) is 2. The Kier molecular flexibility index (Phi) is 4.23. The molecule has 6 nitrogen and oxygen atoms in total. The molecular weight excluding hydrogens is 360 g/mol. The summed E-state index contributed by atoms with van der Waals surface area (Å²) >= 11 is 6.08. The molecule has 0 spiro atoms.